The molecular weight excluding hydrogens is 233 g/mol. The Bertz CT molecular complexity index is 356. The van der Waals surface area contributed by atoms with E-state index in [1.807, 2.05) is 12.1 Å². The molecule has 0 aromatic heterocycles. The fourth-order valence-corrected chi connectivity index (χ4v) is 2.47. The normalized spacial score (nSPS) is 25.8. The zero-order chi connectivity index (χ0) is 10.8. The Morgan fingerprint density at radius 3 is 2.87 bits per heavy atom. The van der Waals surface area contributed by atoms with E-state index < -0.39 is 0 Å². The van der Waals surface area contributed by atoms with E-state index in [0.717, 1.165) is 18.6 Å². The molecule has 1 aliphatic heterocycles. The number of benzene rings is 1. The fourth-order valence-electron chi connectivity index (χ4n) is 1.95. The average molecular weight is 246 g/mol. The van der Waals surface area contributed by atoms with Gasteiger partial charge in [0.25, 0.3) is 0 Å². The van der Waals surface area contributed by atoms with Gasteiger partial charge in [-0.05, 0) is 30.7 Å². The van der Waals surface area contributed by atoms with E-state index in [0.29, 0.717) is 22.5 Å². The molecule has 1 saturated heterocycles. The molecule has 2 nitrogen and oxygen atoms in total. The Balaban J connectivity index is 2.28. The van der Waals surface area contributed by atoms with Crippen molar-refractivity contribution in [2.24, 2.45) is 11.7 Å². The van der Waals surface area contributed by atoms with E-state index in [-0.39, 0.29) is 6.10 Å². The molecule has 0 bridgehead atoms. The third-order valence-corrected chi connectivity index (χ3v) is 3.35. The van der Waals surface area contributed by atoms with Crippen LogP contribution in [0, 0.1) is 5.92 Å². The molecule has 2 atom stereocenters. The number of rotatable bonds is 2. The Morgan fingerprint density at radius 1 is 1.40 bits per heavy atom. The van der Waals surface area contributed by atoms with Gasteiger partial charge in [0.05, 0.1) is 6.10 Å². The van der Waals surface area contributed by atoms with Crippen LogP contribution < -0.4 is 5.73 Å². The van der Waals surface area contributed by atoms with Crippen molar-refractivity contribution in [1.29, 1.82) is 0 Å². The summed E-state index contributed by atoms with van der Waals surface area (Å²) in [5.74, 6) is 0.365. The third kappa shape index (κ3) is 2.28. The Morgan fingerprint density at radius 2 is 2.20 bits per heavy atom. The summed E-state index contributed by atoms with van der Waals surface area (Å²) in [5.41, 5.74) is 6.69. The molecule has 0 radical (unpaired) electrons. The summed E-state index contributed by atoms with van der Waals surface area (Å²) in [6.45, 7) is 1.38. The van der Waals surface area contributed by atoms with Crippen LogP contribution >= 0.6 is 23.2 Å². The second kappa shape index (κ2) is 4.71. The smallest absolute Gasteiger partial charge is 0.0880 e. The molecule has 1 aromatic carbocycles. The molecule has 2 rings (SSSR count). The first kappa shape index (κ1) is 11.2. The third-order valence-electron chi connectivity index (χ3n) is 2.79. The number of hydrogen-bond acceptors (Lipinski definition) is 2. The molecule has 0 aliphatic carbocycles. The second-order valence-electron chi connectivity index (χ2n) is 3.74. The van der Waals surface area contributed by atoms with E-state index in [9.17, 15) is 0 Å². The van der Waals surface area contributed by atoms with Gasteiger partial charge in [-0.1, -0.05) is 29.3 Å². The number of halogens is 2. The van der Waals surface area contributed by atoms with Crippen molar-refractivity contribution in [3.63, 3.8) is 0 Å². The minimum absolute atomic E-state index is 0.0276. The summed E-state index contributed by atoms with van der Waals surface area (Å²) in [6.07, 6.45) is 1.03. The van der Waals surface area contributed by atoms with Crippen molar-refractivity contribution in [1.82, 2.24) is 0 Å². The van der Waals surface area contributed by atoms with E-state index in [1.165, 1.54) is 0 Å². The first-order chi connectivity index (χ1) is 7.22. The highest BCUT2D eigenvalue weighted by molar-refractivity contribution is 6.35. The lowest BCUT2D eigenvalue weighted by Crippen LogP contribution is -2.18. The van der Waals surface area contributed by atoms with Crippen LogP contribution in [0.1, 0.15) is 18.1 Å². The van der Waals surface area contributed by atoms with Gasteiger partial charge in [0.1, 0.15) is 0 Å². The molecule has 2 N–H and O–H groups in total. The quantitative estimate of drug-likeness (QED) is 0.870. The standard InChI is InChI=1S/C11H13Cl2NO/c12-8-1-2-9(10(13)5-8)11-7(6-14)3-4-15-11/h1-2,5,7,11H,3-4,6,14H2. The molecule has 82 valence electrons. The SMILES string of the molecule is NCC1CCOC1c1ccc(Cl)cc1Cl. The first-order valence-electron chi connectivity index (χ1n) is 4.99. The highest BCUT2D eigenvalue weighted by Crippen LogP contribution is 2.38. The Kier molecular flexibility index (Phi) is 3.52. The lowest BCUT2D eigenvalue weighted by molar-refractivity contribution is 0.0925. The van der Waals surface area contributed by atoms with Crippen molar-refractivity contribution in [3.05, 3.63) is 33.8 Å². The lowest BCUT2D eigenvalue weighted by Gasteiger charge is -2.18. The average Bonchev–Trinajstić information content (AvgIpc) is 2.65. The maximum absolute atomic E-state index is 6.13. The zero-order valence-electron chi connectivity index (χ0n) is 8.25. The highest BCUT2D eigenvalue weighted by Gasteiger charge is 2.29. The molecule has 15 heavy (non-hydrogen) atoms. The van der Waals surface area contributed by atoms with Crippen molar-refractivity contribution in [2.45, 2.75) is 12.5 Å². The monoisotopic (exact) mass is 245 g/mol. The van der Waals surface area contributed by atoms with Crippen LogP contribution in [0.5, 0.6) is 0 Å². The number of nitrogens with two attached hydrogens (primary N) is 1. The van der Waals surface area contributed by atoms with Crippen molar-refractivity contribution >= 4 is 23.2 Å². The topological polar surface area (TPSA) is 35.2 Å². The van der Waals surface area contributed by atoms with Crippen LogP contribution in [0.15, 0.2) is 18.2 Å². The predicted molar refractivity (Wildman–Crippen MR) is 62.3 cm³/mol. The van der Waals surface area contributed by atoms with Gasteiger partial charge in [-0.3, -0.25) is 0 Å². The fraction of sp³-hybridized carbons (Fsp3) is 0.455. The van der Waals surface area contributed by atoms with Gasteiger partial charge in [-0.15, -0.1) is 0 Å². The maximum Gasteiger partial charge on any atom is 0.0880 e. The zero-order valence-corrected chi connectivity index (χ0v) is 9.76. The summed E-state index contributed by atoms with van der Waals surface area (Å²) in [5, 5.41) is 1.30. The highest BCUT2D eigenvalue weighted by atomic mass is 35.5. The first-order valence-corrected chi connectivity index (χ1v) is 5.74. The van der Waals surface area contributed by atoms with Crippen LogP contribution in [0.3, 0.4) is 0 Å². The summed E-state index contributed by atoms with van der Waals surface area (Å²) in [4.78, 5) is 0. The van der Waals surface area contributed by atoms with Crippen molar-refractivity contribution in [2.75, 3.05) is 13.2 Å². The van der Waals surface area contributed by atoms with Gasteiger partial charge in [0.2, 0.25) is 0 Å². The second-order valence-corrected chi connectivity index (χ2v) is 4.59. The molecule has 0 amide bonds. The molecule has 4 heteroatoms. The molecule has 0 spiro atoms. The van der Waals surface area contributed by atoms with Gasteiger partial charge < -0.3 is 10.5 Å². The van der Waals surface area contributed by atoms with E-state index >= 15 is 0 Å². The number of ether oxygens (including phenoxy) is 1. The van der Waals surface area contributed by atoms with Crippen LogP contribution in [0.2, 0.25) is 10.0 Å². The Labute approximate surface area is 99.3 Å². The molecular formula is C11H13Cl2NO. The Hall–Kier alpha value is -0.280. The van der Waals surface area contributed by atoms with Crippen LogP contribution in [0.25, 0.3) is 0 Å². The molecule has 1 heterocycles. The summed E-state index contributed by atoms with van der Waals surface area (Å²) in [6, 6.07) is 5.50. The number of hydrogen-bond donors (Lipinski definition) is 1. The van der Waals surface area contributed by atoms with Crippen molar-refractivity contribution in [3.8, 4) is 0 Å². The van der Waals surface area contributed by atoms with Gasteiger partial charge in [0.15, 0.2) is 0 Å². The minimum Gasteiger partial charge on any atom is -0.373 e. The summed E-state index contributed by atoms with van der Waals surface area (Å²) >= 11 is 12.0. The summed E-state index contributed by atoms with van der Waals surface area (Å²) < 4.78 is 5.66. The van der Waals surface area contributed by atoms with Crippen LogP contribution in [-0.4, -0.2) is 13.2 Å². The van der Waals surface area contributed by atoms with E-state index in [4.69, 9.17) is 33.7 Å². The summed E-state index contributed by atoms with van der Waals surface area (Å²) in [7, 11) is 0. The largest absolute Gasteiger partial charge is 0.373 e. The van der Waals surface area contributed by atoms with Crippen LogP contribution in [-0.2, 0) is 4.74 Å². The predicted octanol–water partition coefficient (Wildman–Crippen LogP) is 3.03. The van der Waals surface area contributed by atoms with Gasteiger partial charge in [-0.2, -0.15) is 0 Å². The van der Waals surface area contributed by atoms with Gasteiger partial charge in [0, 0.05) is 22.6 Å². The minimum atomic E-state index is 0.0276. The van der Waals surface area contributed by atoms with E-state index in [1.54, 1.807) is 6.07 Å². The molecule has 1 aromatic rings. The molecule has 2 unspecified atom stereocenters. The van der Waals surface area contributed by atoms with Crippen molar-refractivity contribution < 1.29 is 4.74 Å². The molecule has 1 fully saturated rings. The lowest BCUT2D eigenvalue weighted by atomic mass is 9.95. The van der Waals surface area contributed by atoms with E-state index in [2.05, 4.69) is 0 Å². The molecule has 1 aliphatic rings. The van der Waals surface area contributed by atoms with Gasteiger partial charge >= 0.3 is 0 Å². The molecule has 0 saturated carbocycles. The van der Waals surface area contributed by atoms with Crippen LogP contribution in [0.4, 0.5) is 0 Å². The maximum atomic E-state index is 6.13. The van der Waals surface area contributed by atoms with Gasteiger partial charge in [-0.25, -0.2) is 0 Å².